The number of benzene rings is 1. The molecule has 0 amide bonds. The van der Waals surface area contributed by atoms with Crippen molar-refractivity contribution in [1.29, 1.82) is 0 Å². The van der Waals surface area contributed by atoms with Crippen molar-refractivity contribution in [3.05, 3.63) is 89.3 Å². The van der Waals surface area contributed by atoms with Crippen molar-refractivity contribution < 1.29 is 0 Å². The van der Waals surface area contributed by atoms with E-state index in [1.165, 1.54) is 28.2 Å². The first-order chi connectivity index (χ1) is 10.7. The van der Waals surface area contributed by atoms with E-state index in [1.807, 2.05) is 0 Å². The number of rotatable bonds is 3. The van der Waals surface area contributed by atoms with Crippen LogP contribution in [0.25, 0.3) is 0 Å². The van der Waals surface area contributed by atoms with Gasteiger partial charge in [0.2, 0.25) is 0 Å². The Morgan fingerprint density at radius 2 is 1.68 bits per heavy atom. The fraction of sp³-hybridized carbons (Fsp3) is 0.238. The summed E-state index contributed by atoms with van der Waals surface area (Å²) in [6, 6.07) is 8.79. The summed E-state index contributed by atoms with van der Waals surface area (Å²) in [5.41, 5.74) is 6.42. The summed E-state index contributed by atoms with van der Waals surface area (Å²) in [6.07, 6.45) is 19.0. The Balaban J connectivity index is 2.03. The molecule has 0 spiro atoms. The lowest BCUT2D eigenvalue weighted by atomic mass is 10.1. The molecule has 1 nitrogen and oxygen atoms in total. The Hall–Kier alpha value is -2.28. The van der Waals surface area contributed by atoms with Crippen molar-refractivity contribution in [2.24, 2.45) is 0 Å². The average Bonchev–Trinajstić information content (AvgIpc) is 2.76. The van der Waals surface area contributed by atoms with Crippen molar-refractivity contribution in [2.45, 2.75) is 33.1 Å². The summed E-state index contributed by atoms with van der Waals surface area (Å²) >= 11 is 0. The zero-order valence-electron chi connectivity index (χ0n) is 13.4. The van der Waals surface area contributed by atoms with Gasteiger partial charge in [-0.15, -0.1) is 0 Å². The van der Waals surface area contributed by atoms with E-state index in [9.17, 15) is 0 Å². The van der Waals surface area contributed by atoms with Gasteiger partial charge in [0, 0.05) is 23.5 Å². The van der Waals surface area contributed by atoms with E-state index >= 15 is 0 Å². The van der Waals surface area contributed by atoms with Crippen LogP contribution in [0.4, 0.5) is 5.69 Å². The molecule has 3 rings (SSSR count). The van der Waals surface area contributed by atoms with E-state index in [1.54, 1.807) is 0 Å². The molecule has 0 saturated heterocycles. The Kier molecular flexibility index (Phi) is 4.43. The Morgan fingerprint density at radius 1 is 0.864 bits per heavy atom. The van der Waals surface area contributed by atoms with Gasteiger partial charge < -0.3 is 4.90 Å². The first-order valence-corrected chi connectivity index (χ1v) is 8.01. The van der Waals surface area contributed by atoms with Crippen LogP contribution < -0.4 is 4.90 Å². The molecule has 0 saturated carbocycles. The second-order valence-electron chi connectivity index (χ2n) is 5.95. The van der Waals surface area contributed by atoms with Gasteiger partial charge in [0.1, 0.15) is 0 Å². The van der Waals surface area contributed by atoms with Crippen LogP contribution in [0, 0.1) is 6.92 Å². The number of anilines is 1. The first-order valence-electron chi connectivity index (χ1n) is 8.01. The molecule has 2 aliphatic rings. The van der Waals surface area contributed by atoms with Gasteiger partial charge in [0.25, 0.3) is 0 Å². The Morgan fingerprint density at radius 3 is 2.41 bits per heavy atom. The highest BCUT2D eigenvalue weighted by atomic mass is 15.2. The highest BCUT2D eigenvalue weighted by molar-refractivity contribution is 5.62. The van der Waals surface area contributed by atoms with E-state index < -0.39 is 0 Å². The van der Waals surface area contributed by atoms with E-state index in [4.69, 9.17) is 0 Å². The summed E-state index contributed by atoms with van der Waals surface area (Å²) in [5, 5.41) is 0. The minimum Gasteiger partial charge on any atom is -0.314 e. The van der Waals surface area contributed by atoms with Gasteiger partial charge in [0.05, 0.1) is 0 Å². The van der Waals surface area contributed by atoms with Crippen molar-refractivity contribution >= 4 is 5.69 Å². The number of hydrogen-bond donors (Lipinski definition) is 0. The third-order valence-corrected chi connectivity index (χ3v) is 4.06. The quantitative estimate of drug-likeness (QED) is 0.677. The maximum Gasteiger partial charge on any atom is 0.0458 e. The normalized spacial score (nSPS) is 17.5. The van der Waals surface area contributed by atoms with Crippen LogP contribution in [-0.4, -0.2) is 0 Å². The zero-order chi connectivity index (χ0) is 15.4. The molecule has 1 heteroatoms. The highest BCUT2D eigenvalue weighted by Crippen LogP contribution is 2.30. The standard InChI is InChI=1S/C21H23N/c1-17-7-6-10-20(14-11-17)22(19-8-4-3-5-9-19)21-15-12-18(2)13-16-21/h4,6-9,11-16H,3,5,10H2,1-2H3. The molecule has 112 valence electrons. The van der Waals surface area contributed by atoms with Crippen LogP contribution in [0.15, 0.2) is 83.8 Å². The van der Waals surface area contributed by atoms with Gasteiger partial charge in [-0.2, -0.15) is 0 Å². The lowest BCUT2D eigenvalue weighted by molar-refractivity contribution is 0.963. The molecule has 2 aliphatic carbocycles. The van der Waals surface area contributed by atoms with Gasteiger partial charge in [-0.05, 0) is 51.0 Å². The van der Waals surface area contributed by atoms with Crippen molar-refractivity contribution in [2.75, 3.05) is 4.90 Å². The number of hydrogen-bond acceptors (Lipinski definition) is 1. The second kappa shape index (κ2) is 6.65. The van der Waals surface area contributed by atoms with Gasteiger partial charge in [-0.1, -0.05) is 53.6 Å². The molecule has 0 radical (unpaired) electrons. The van der Waals surface area contributed by atoms with Gasteiger partial charge >= 0.3 is 0 Å². The third-order valence-electron chi connectivity index (χ3n) is 4.06. The van der Waals surface area contributed by atoms with Crippen molar-refractivity contribution in [3.63, 3.8) is 0 Å². The predicted octanol–water partition coefficient (Wildman–Crippen LogP) is 5.83. The van der Waals surface area contributed by atoms with E-state index in [0.29, 0.717) is 0 Å². The molecular weight excluding hydrogens is 266 g/mol. The summed E-state index contributed by atoms with van der Waals surface area (Å²) < 4.78 is 0. The van der Waals surface area contributed by atoms with E-state index in [-0.39, 0.29) is 0 Å². The lowest BCUT2D eigenvalue weighted by Gasteiger charge is -2.29. The van der Waals surface area contributed by atoms with Gasteiger partial charge in [-0.3, -0.25) is 0 Å². The van der Waals surface area contributed by atoms with Gasteiger partial charge in [0.15, 0.2) is 0 Å². The van der Waals surface area contributed by atoms with Crippen LogP contribution in [0.2, 0.25) is 0 Å². The highest BCUT2D eigenvalue weighted by Gasteiger charge is 2.16. The topological polar surface area (TPSA) is 3.24 Å². The molecule has 0 fully saturated rings. The predicted molar refractivity (Wildman–Crippen MR) is 95.7 cm³/mol. The maximum atomic E-state index is 2.38. The molecule has 1 aromatic rings. The molecule has 0 atom stereocenters. The van der Waals surface area contributed by atoms with Crippen LogP contribution in [0.5, 0.6) is 0 Å². The van der Waals surface area contributed by atoms with Crippen LogP contribution in [0.1, 0.15) is 31.7 Å². The molecular formula is C21H23N. The SMILES string of the molecule is CC1=CC=C(N(C2=CCCC=C2)c2ccc(C)cc2)CC=C1. The molecule has 0 bridgehead atoms. The zero-order valence-corrected chi connectivity index (χ0v) is 13.4. The molecule has 22 heavy (non-hydrogen) atoms. The second-order valence-corrected chi connectivity index (χ2v) is 5.95. The minimum atomic E-state index is 0.951. The van der Waals surface area contributed by atoms with Crippen molar-refractivity contribution in [3.8, 4) is 0 Å². The minimum absolute atomic E-state index is 0.951. The summed E-state index contributed by atoms with van der Waals surface area (Å²) in [7, 11) is 0. The molecule has 0 heterocycles. The summed E-state index contributed by atoms with van der Waals surface area (Å²) in [5.74, 6) is 0. The fourth-order valence-electron chi connectivity index (χ4n) is 2.82. The van der Waals surface area contributed by atoms with Crippen molar-refractivity contribution in [1.82, 2.24) is 0 Å². The Labute approximate surface area is 133 Å². The van der Waals surface area contributed by atoms with Crippen LogP contribution in [-0.2, 0) is 0 Å². The number of nitrogens with zero attached hydrogens (tertiary/aromatic N) is 1. The molecule has 1 aromatic carbocycles. The maximum absolute atomic E-state index is 2.38. The molecule has 0 unspecified atom stereocenters. The molecule has 0 aromatic heterocycles. The average molecular weight is 289 g/mol. The Bertz CT molecular complexity index is 681. The number of allylic oxidation sites excluding steroid dienone is 8. The monoisotopic (exact) mass is 289 g/mol. The van der Waals surface area contributed by atoms with Gasteiger partial charge in [-0.25, -0.2) is 0 Å². The fourth-order valence-corrected chi connectivity index (χ4v) is 2.82. The van der Waals surface area contributed by atoms with Crippen LogP contribution in [0.3, 0.4) is 0 Å². The number of aryl methyl sites for hydroxylation is 1. The smallest absolute Gasteiger partial charge is 0.0458 e. The van der Waals surface area contributed by atoms with E-state index in [0.717, 1.165) is 19.3 Å². The summed E-state index contributed by atoms with van der Waals surface area (Å²) in [6.45, 7) is 4.28. The largest absolute Gasteiger partial charge is 0.314 e. The summed E-state index contributed by atoms with van der Waals surface area (Å²) in [4.78, 5) is 2.38. The van der Waals surface area contributed by atoms with Crippen LogP contribution >= 0.6 is 0 Å². The van der Waals surface area contributed by atoms with E-state index in [2.05, 4.69) is 85.5 Å². The first kappa shape index (κ1) is 14.6. The third kappa shape index (κ3) is 3.30. The molecule has 0 N–H and O–H groups in total. The molecule has 0 aliphatic heterocycles. The lowest BCUT2D eigenvalue weighted by Crippen LogP contribution is -2.21.